The van der Waals surface area contributed by atoms with E-state index < -0.39 is 5.97 Å². The van der Waals surface area contributed by atoms with E-state index in [0.29, 0.717) is 5.82 Å². The molecule has 1 unspecified atom stereocenters. The molecule has 0 spiro atoms. The minimum Gasteiger partial charge on any atom is -0.476 e. The Morgan fingerprint density at radius 1 is 1.35 bits per heavy atom. The number of carboxylic acid groups (broad SMARTS) is 1. The van der Waals surface area contributed by atoms with Crippen molar-refractivity contribution in [3.63, 3.8) is 0 Å². The summed E-state index contributed by atoms with van der Waals surface area (Å²) in [6.07, 6.45) is 2.16. The Bertz CT molecular complexity index is 404. The number of nitrogens with one attached hydrogen (secondary N) is 1. The highest BCUT2D eigenvalue weighted by Crippen LogP contribution is 2.08. The molecule has 0 aliphatic heterocycles. The summed E-state index contributed by atoms with van der Waals surface area (Å²) in [5, 5.41) is 19.5. The van der Waals surface area contributed by atoms with Gasteiger partial charge in [-0.05, 0) is 51.5 Å². The summed E-state index contributed by atoms with van der Waals surface area (Å²) in [5.74, 6) is -0.443. The van der Waals surface area contributed by atoms with E-state index in [0.717, 1.165) is 32.5 Å². The largest absolute Gasteiger partial charge is 0.476 e. The van der Waals surface area contributed by atoms with Gasteiger partial charge in [0.2, 0.25) is 0 Å². The number of nitrogens with zero attached hydrogens (tertiary/aromatic N) is 3. The minimum absolute atomic E-state index is 0.0373. The molecule has 2 N–H and O–H groups in total. The van der Waals surface area contributed by atoms with Crippen LogP contribution < -0.4 is 5.32 Å². The van der Waals surface area contributed by atoms with Crippen molar-refractivity contribution in [2.75, 3.05) is 25.0 Å². The van der Waals surface area contributed by atoms with Crippen molar-refractivity contribution in [3.05, 3.63) is 17.8 Å². The lowest BCUT2D eigenvalue weighted by Gasteiger charge is -2.19. The van der Waals surface area contributed by atoms with Crippen LogP contribution in [-0.2, 0) is 0 Å². The second-order valence-corrected chi connectivity index (χ2v) is 4.82. The number of carbonyl (C=O) groups is 1. The third-order valence-corrected chi connectivity index (χ3v) is 3.28. The quantitative estimate of drug-likeness (QED) is 0.721. The van der Waals surface area contributed by atoms with Crippen molar-refractivity contribution >= 4 is 11.8 Å². The fraction of sp³-hybridized carbons (Fsp3) is 0.643. The Hall–Kier alpha value is -1.69. The molecule has 0 aromatic carbocycles. The zero-order valence-electron chi connectivity index (χ0n) is 12.5. The van der Waals surface area contributed by atoms with Gasteiger partial charge in [-0.25, -0.2) is 4.79 Å². The van der Waals surface area contributed by atoms with Gasteiger partial charge in [-0.3, -0.25) is 0 Å². The Labute approximate surface area is 120 Å². The molecular formula is C14H24N4O2. The first kappa shape index (κ1) is 16.4. The lowest BCUT2D eigenvalue weighted by atomic mass is 10.1. The topological polar surface area (TPSA) is 78.4 Å². The summed E-state index contributed by atoms with van der Waals surface area (Å²) < 4.78 is 0. The second-order valence-electron chi connectivity index (χ2n) is 4.82. The van der Waals surface area contributed by atoms with Gasteiger partial charge in [0.1, 0.15) is 5.82 Å². The van der Waals surface area contributed by atoms with Gasteiger partial charge < -0.3 is 15.3 Å². The van der Waals surface area contributed by atoms with Gasteiger partial charge in [0.05, 0.1) is 0 Å². The van der Waals surface area contributed by atoms with E-state index in [1.165, 1.54) is 6.07 Å². The zero-order valence-corrected chi connectivity index (χ0v) is 12.5. The Kier molecular flexibility index (Phi) is 6.93. The molecule has 0 fully saturated rings. The third kappa shape index (κ3) is 5.52. The molecule has 1 atom stereocenters. The smallest absolute Gasteiger partial charge is 0.356 e. The van der Waals surface area contributed by atoms with Gasteiger partial charge in [-0.1, -0.05) is 13.8 Å². The van der Waals surface area contributed by atoms with Gasteiger partial charge in [-0.15, -0.1) is 10.2 Å². The molecule has 0 aliphatic rings. The number of rotatable bonds is 9. The highest BCUT2D eigenvalue weighted by atomic mass is 16.4. The molecule has 0 radical (unpaired) electrons. The molecule has 1 rings (SSSR count). The van der Waals surface area contributed by atoms with Crippen molar-refractivity contribution in [1.82, 2.24) is 15.1 Å². The van der Waals surface area contributed by atoms with Crippen molar-refractivity contribution in [2.24, 2.45) is 0 Å². The SMILES string of the molecule is CCN(CC)CCCC(C)Nc1ccc(C(=O)O)nn1. The van der Waals surface area contributed by atoms with Crippen molar-refractivity contribution in [3.8, 4) is 0 Å². The van der Waals surface area contributed by atoms with Gasteiger partial charge >= 0.3 is 5.97 Å². The fourth-order valence-corrected chi connectivity index (χ4v) is 2.01. The van der Waals surface area contributed by atoms with Crippen LogP contribution in [0.15, 0.2) is 12.1 Å². The molecule has 1 heterocycles. The lowest BCUT2D eigenvalue weighted by molar-refractivity contribution is 0.0689. The summed E-state index contributed by atoms with van der Waals surface area (Å²) in [6.45, 7) is 9.70. The molecule has 112 valence electrons. The molecule has 1 aromatic heterocycles. The van der Waals surface area contributed by atoms with E-state index in [2.05, 4.69) is 41.2 Å². The molecule has 0 bridgehead atoms. The molecule has 0 amide bonds. The van der Waals surface area contributed by atoms with Crippen LogP contribution >= 0.6 is 0 Å². The number of carboxylic acids is 1. The van der Waals surface area contributed by atoms with Crippen molar-refractivity contribution in [1.29, 1.82) is 0 Å². The maximum atomic E-state index is 10.7. The van der Waals surface area contributed by atoms with E-state index in [4.69, 9.17) is 5.11 Å². The highest BCUT2D eigenvalue weighted by molar-refractivity contribution is 5.85. The second kappa shape index (κ2) is 8.47. The summed E-state index contributed by atoms with van der Waals surface area (Å²) in [4.78, 5) is 13.1. The van der Waals surface area contributed by atoms with Gasteiger partial charge in [-0.2, -0.15) is 0 Å². The molecular weight excluding hydrogens is 256 g/mol. The van der Waals surface area contributed by atoms with Gasteiger partial charge in [0, 0.05) is 6.04 Å². The molecule has 0 saturated heterocycles. The van der Waals surface area contributed by atoms with Crippen LogP contribution in [0, 0.1) is 0 Å². The van der Waals surface area contributed by atoms with Gasteiger partial charge in [0.25, 0.3) is 0 Å². The van der Waals surface area contributed by atoms with E-state index in [9.17, 15) is 4.79 Å². The molecule has 1 aromatic rings. The molecule has 0 saturated carbocycles. The van der Waals surface area contributed by atoms with Crippen LogP contribution in [0.1, 0.15) is 44.1 Å². The Balaban J connectivity index is 2.34. The van der Waals surface area contributed by atoms with E-state index in [1.807, 2.05) is 0 Å². The van der Waals surface area contributed by atoms with Crippen molar-refractivity contribution < 1.29 is 9.90 Å². The highest BCUT2D eigenvalue weighted by Gasteiger charge is 2.07. The van der Waals surface area contributed by atoms with E-state index in [1.54, 1.807) is 6.07 Å². The summed E-state index contributed by atoms with van der Waals surface area (Å²) in [5.41, 5.74) is -0.0373. The molecule has 6 nitrogen and oxygen atoms in total. The number of aromatic nitrogens is 2. The summed E-state index contributed by atoms with van der Waals surface area (Å²) in [6, 6.07) is 3.40. The summed E-state index contributed by atoms with van der Waals surface area (Å²) >= 11 is 0. The van der Waals surface area contributed by atoms with Crippen LogP contribution in [0.4, 0.5) is 5.82 Å². The number of anilines is 1. The molecule has 6 heteroatoms. The van der Waals surface area contributed by atoms with Crippen LogP contribution in [0.25, 0.3) is 0 Å². The normalized spacial score (nSPS) is 12.4. The third-order valence-electron chi connectivity index (χ3n) is 3.28. The average molecular weight is 280 g/mol. The first-order chi connectivity index (χ1) is 9.56. The molecule has 20 heavy (non-hydrogen) atoms. The first-order valence-corrected chi connectivity index (χ1v) is 7.12. The fourth-order valence-electron chi connectivity index (χ4n) is 2.01. The number of hydrogen-bond donors (Lipinski definition) is 2. The van der Waals surface area contributed by atoms with Gasteiger partial charge in [0.15, 0.2) is 5.69 Å². The summed E-state index contributed by atoms with van der Waals surface area (Å²) in [7, 11) is 0. The predicted molar refractivity (Wildman–Crippen MR) is 79.1 cm³/mol. The minimum atomic E-state index is -1.06. The zero-order chi connectivity index (χ0) is 15.0. The first-order valence-electron chi connectivity index (χ1n) is 7.12. The van der Waals surface area contributed by atoms with Crippen LogP contribution in [0.5, 0.6) is 0 Å². The van der Waals surface area contributed by atoms with Crippen molar-refractivity contribution in [2.45, 2.75) is 39.7 Å². The Morgan fingerprint density at radius 2 is 2.05 bits per heavy atom. The maximum absolute atomic E-state index is 10.7. The predicted octanol–water partition coefficient (Wildman–Crippen LogP) is 2.10. The standard InChI is InChI=1S/C14H24N4O2/c1-4-18(5-2)10-6-7-11(3)15-13-9-8-12(14(19)20)16-17-13/h8-9,11H,4-7,10H2,1-3H3,(H,15,17)(H,19,20). The van der Waals surface area contributed by atoms with Crippen LogP contribution in [-0.4, -0.2) is 51.8 Å². The lowest BCUT2D eigenvalue weighted by Crippen LogP contribution is -2.25. The number of hydrogen-bond acceptors (Lipinski definition) is 5. The monoisotopic (exact) mass is 280 g/mol. The van der Waals surface area contributed by atoms with E-state index >= 15 is 0 Å². The maximum Gasteiger partial charge on any atom is 0.356 e. The average Bonchev–Trinajstić information content (AvgIpc) is 2.44. The molecule has 0 aliphatic carbocycles. The number of aromatic carboxylic acids is 1. The van der Waals surface area contributed by atoms with Crippen LogP contribution in [0.2, 0.25) is 0 Å². The van der Waals surface area contributed by atoms with E-state index in [-0.39, 0.29) is 11.7 Å². The van der Waals surface area contributed by atoms with Crippen LogP contribution in [0.3, 0.4) is 0 Å². The Morgan fingerprint density at radius 3 is 2.55 bits per heavy atom.